The predicted octanol–water partition coefficient (Wildman–Crippen LogP) is 1.14. The summed E-state index contributed by atoms with van der Waals surface area (Å²) in [5.41, 5.74) is 6.41. The number of nitrogens with one attached hydrogen (secondary N) is 3. The minimum Gasteiger partial charge on any atom is -0.397 e. The molecule has 2 amide bonds. The van der Waals surface area contributed by atoms with E-state index in [0.29, 0.717) is 5.69 Å². The molecule has 1 aliphatic carbocycles. The molecule has 0 radical (unpaired) electrons. The van der Waals surface area contributed by atoms with Crippen LogP contribution in [0.15, 0.2) is 54.9 Å². The Balaban J connectivity index is 0.00000400. The summed E-state index contributed by atoms with van der Waals surface area (Å²) in [6, 6.07) is 6.40. The second-order valence-electron chi connectivity index (χ2n) is 8.80. The highest BCUT2D eigenvalue weighted by atomic mass is 35.5. The number of hydrogen-bond donors (Lipinski definition) is 8. The van der Waals surface area contributed by atoms with Crippen molar-refractivity contribution in [1.82, 2.24) is 20.2 Å². The molecule has 4 rings (SSSR count). The SMILES string of the molecule is Cl.Cn1cc(N)cc1C(=O)NC1=CC(NC(=O)c2ccc[nH]2)C(C)(P(=O)(O)O)c2cc(P(=O)(O)O)ccc21. The number of aryl methyl sites for hydroxylation is 1. The number of carbonyl (C=O) groups is 2. The molecular weight excluding hydrogens is 560 g/mol. The fourth-order valence-electron chi connectivity index (χ4n) is 4.28. The van der Waals surface area contributed by atoms with Gasteiger partial charge in [0.2, 0.25) is 0 Å². The smallest absolute Gasteiger partial charge is 0.356 e. The highest BCUT2D eigenvalue weighted by molar-refractivity contribution is 7.60. The fraction of sp³-hybridized carbons (Fsp3) is 0.182. The molecule has 0 saturated carbocycles. The highest BCUT2D eigenvalue weighted by Gasteiger charge is 2.54. The number of nitrogens with two attached hydrogens (primary N) is 1. The van der Waals surface area contributed by atoms with Crippen molar-refractivity contribution in [3.8, 4) is 0 Å². The van der Waals surface area contributed by atoms with Crippen LogP contribution in [0.5, 0.6) is 0 Å². The van der Waals surface area contributed by atoms with Crippen LogP contribution in [0.25, 0.3) is 5.70 Å². The first-order valence-corrected chi connectivity index (χ1v) is 14.0. The van der Waals surface area contributed by atoms with E-state index >= 15 is 0 Å². The number of fused-ring (bicyclic) bond motifs is 1. The van der Waals surface area contributed by atoms with Gasteiger partial charge in [0.15, 0.2) is 0 Å². The van der Waals surface area contributed by atoms with E-state index < -0.39 is 43.5 Å². The monoisotopic (exact) mass is 585 g/mol. The number of amides is 2. The average Bonchev–Trinajstić information content (AvgIpc) is 3.44. The van der Waals surface area contributed by atoms with E-state index in [0.717, 1.165) is 12.1 Å². The molecule has 1 aliphatic rings. The Morgan fingerprint density at radius 1 is 1.11 bits per heavy atom. The zero-order chi connectivity index (χ0) is 27.3. The van der Waals surface area contributed by atoms with Crippen LogP contribution in [0.1, 0.15) is 39.0 Å². The maximum Gasteiger partial charge on any atom is 0.356 e. The van der Waals surface area contributed by atoms with Crippen molar-refractivity contribution in [2.45, 2.75) is 18.1 Å². The van der Waals surface area contributed by atoms with Gasteiger partial charge >= 0.3 is 15.2 Å². The van der Waals surface area contributed by atoms with Crippen LogP contribution >= 0.6 is 27.6 Å². The summed E-state index contributed by atoms with van der Waals surface area (Å²) in [7, 11) is -8.35. The molecule has 2 unspecified atom stereocenters. The first-order chi connectivity index (χ1) is 17.1. The van der Waals surface area contributed by atoms with E-state index in [1.807, 2.05) is 0 Å². The first kappa shape index (κ1) is 29.4. The predicted molar refractivity (Wildman–Crippen MR) is 142 cm³/mol. The molecule has 2 heterocycles. The Hall–Kier alpha value is -3.15. The zero-order valence-electron chi connectivity index (χ0n) is 20.0. The summed E-state index contributed by atoms with van der Waals surface area (Å²) < 4.78 is 26.4. The van der Waals surface area contributed by atoms with Crippen LogP contribution in [-0.4, -0.2) is 47.0 Å². The maximum absolute atomic E-state index is 13.1. The van der Waals surface area contributed by atoms with Gasteiger partial charge < -0.3 is 45.5 Å². The maximum atomic E-state index is 13.1. The molecule has 0 aliphatic heterocycles. The molecule has 3 aromatic rings. The fourth-order valence-corrected chi connectivity index (χ4v) is 5.84. The van der Waals surface area contributed by atoms with Crippen molar-refractivity contribution in [1.29, 1.82) is 0 Å². The van der Waals surface area contributed by atoms with Crippen LogP contribution < -0.4 is 21.7 Å². The van der Waals surface area contributed by atoms with Crippen LogP contribution in [-0.2, 0) is 21.3 Å². The van der Waals surface area contributed by atoms with E-state index in [-0.39, 0.29) is 40.6 Å². The van der Waals surface area contributed by atoms with Crippen LogP contribution in [0.2, 0.25) is 0 Å². The first-order valence-electron chi connectivity index (χ1n) is 10.8. The molecule has 1 aromatic carbocycles. The Labute approximate surface area is 222 Å². The molecule has 0 bridgehead atoms. The number of hydrogen-bond acceptors (Lipinski definition) is 5. The van der Waals surface area contributed by atoms with Crippen molar-refractivity contribution >= 4 is 56.1 Å². The van der Waals surface area contributed by atoms with Crippen molar-refractivity contribution in [2.24, 2.45) is 7.05 Å². The van der Waals surface area contributed by atoms with Crippen molar-refractivity contribution in [3.63, 3.8) is 0 Å². The second kappa shape index (κ2) is 10.2. The summed E-state index contributed by atoms with van der Waals surface area (Å²) in [5, 5.41) is 2.60. The molecule has 16 heteroatoms. The third-order valence-corrected chi connectivity index (χ3v) is 9.04. The number of H-pyrrole nitrogens is 1. The number of rotatable bonds is 6. The molecule has 0 saturated heterocycles. The molecule has 2 atom stereocenters. The lowest BCUT2D eigenvalue weighted by Gasteiger charge is -2.42. The summed E-state index contributed by atoms with van der Waals surface area (Å²) in [5.74, 6) is -1.30. The van der Waals surface area contributed by atoms with Crippen molar-refractivity contribution in [2.75, 3.05) is 5.73 Å². The molecule has 204 valence electrons. The number of nitrogens with zero attached hydrogens (tertiary/aromatic N) is 1. The molecule has 0 fully saturated rings. The Morgan fingerprint density at radius 2 is 1.79 bits per heavy atom. The van der Waals surface area contributed by atoms with E-state index in [4.69, 9.17) is 5.73 Å². The van der Waals surface area contributed by atoms with Crippen LogP contribution in [0, 0.1) is 0 Å². The number of anilines is 1. The normalized spacial score (nSPS) is 19.1. The largest absolute Gasteiger partial charge is 0.397 e. The van der Waals surface area contributed by atoms with Gasteiger partial charge in [-0.1, -0.05) is 6.07 Å². The lowest BCUT2D eigenvalue weighted by atomic mass is 9.82. The molecule has 0 spiro atoms. The lowest BCUT2D eigenvalue weighted by molar-refractivity contribution is 0.0930. The van der Waals surface area contributed by atoms with Gasteiger partial charge in [0, 0.05) is 30.7 Å². The van der Waals surface area contributed by atoms with E-state index in [1.54, 1.807) is 13.1 Å². The van der Waals surface area contributed by atoms with Crippen molar-refractivity contribution in [3.05, 3.63) is 77.4 Å². The standard InChI is InChI=1S/C22H25N5O8P2.ClH/c1-22(37(33,34)35)15-9-13(36(30,31)32)5-6-14(15)17(25-21(29)18-8-12(23)11-27(18)2)10-19(22)26-20(28)16-4-3-7-24-16;/h3-11,19,24H,23H2,1-2H3,(H,25,29)(H,26,28)(H2,30,31,32)(H2,33,34,35);1H. The molecular formula is C22H26ClN5O8P2. The third kappa shape index (κ3) is 5.23. The Kier molecular flexibility index (Phi) is 7.89. The second-order valence-corrected chi connectivity index (χ2v) is 12.4. The highest BCUT2D eigenvalue weighted by Crippen LogP contribution is 2.61. The van der Waals surface area contributed by atoms with E-state index in [9.17, 15) is 38.3 Å². The summed E-state index contributed by atoms with van der Waals surface area (Å²) in [6.45, 7) is 1.18. The van der Waals surface area contributed by atoms with Gasteiger partial charge in [-0.3, -0.25) is 18.7 Å². The number of aromatic amines is 1. The number of halogens is 1. The van der Waals surface area contributed by atoms with Crippen molar-refractivity contribution < 1.29 is 38.3 Å². The zero-order valence-corrected chi connectivity index (χ0v) is 22.6. The minimum absolute atomic E-state index is 0. The molecule has 9 N–H and O–H groups in total. The van der Waals surface area contributed by atoms with E-state index in [1.165, 1.54) is 48.2 Å². The quantitative estimate of drug-likeness (QED) is 0.194. The molecule has 2 aromatic heterocycles. The van der Waals surface area contributed by atoms with Gasteiger partial charge in [-0.05, 0) is 48.9 Å². The van der Waals surface area contributed by atoms with E-state index in [2.05, 4.69) is 15.6 Å². The Morgan fingerprint density at radius 3 is 2.32 bits per heavy atom. The Bertz CT molecular complexity index is 1520. The van der Waals surface area contributed by atoms with Gasteiger partial charge in [0.1, 0.15) is 16.5 Å². The average molecular weight is 586 g/mol. The number of benzene rings is 1. The van der Waals surface area contributed by atoms with Gasteiger partial charge in [0.25, 0.3) is 11.8 Å². The number of nitrogen functional groups attached to an aromatic ring is 1. The van der Waals surface area contributed by atoms with Gasteiger partial charge in [-0.2, -0.15) is 0 Å². The minimum atomic E-state index is -5.13. The summed E-state index contributed by atoms with van der Waals surface area (Å²) in [4.78, 5) is 69.0. The third-order valence-electron chi connectivity index (χ3n) is 6.36. The number of carbonyl (C=O) groups excluding carboxylic acids is 2. The topological polar surface area (TPSA) is 220 Å². The van der Waals surface area contributed by atoms with Gasteiger partial charge in [-0.25, -0.2) is 0 Å². The molecule has 38 heavy (non-hydrogen) atoms. The van der Waals surface area contributed by atoms with Gasteiger partial charge in [-0.15, -0.1) is 12.4 Å². The summed E-state index contributed by atoms with van der Waals surface area (Å²) in [6.07, 6.45) is 4.31. The van der Waals surface area contributed by atoms with Gasteiger partial charge in [0.05, 0.1) is 17.0 Å². The molecule has 13 nitrogen and oxygen atoms in total. The lowest BCUT2D eigenvalue weighted by Crippen LogP contribution is -2.51. The van der Waals surface area contributed by atoms with Crippen LogP contribution in [0.3, 0.4) is 0 Å². The summed E-state index contributed by atoms with van der Waals surface area (Å²) >= 11 is 0. The number of aromatic nitrogens is 2. The van der Waals surface area contributed by atoms with Crippen LogP contribution in [0.4, 0.5) is 5.69 Å².